The number of Topliss-reactive ketones (excluding diaryl/α,β-unsaturated/α-hetero) is 1. The number of hydrogen-bond donors (Lipinski definition) is 0. The lowest BCUT2D eigenvalue weighted by Crippen LogP contribution is -2.02. The van der Waals surface area contributed by atoms with E-state index in [4.69, 9.17) is 16.0 Å². The molecule has 2 nitrogen and oxygen atoms in total. The van der Waals surface area contributed by atoms with Crippen molar-refractivity contribution in [1.82, 2.24) is 0 Å². The van der Waals surface area contributed by atoms with Crippen molar-refractivity contribution in [3.05, 3.63) is 22.6 Å². The predicted molar refractivity (Wildman–Crippen MR) is 40.9 cm³/mol. The van der Waals surface area contributed by atoms with Crippen molar-refractivity contribution in [1.29, 1.82) is 0 Å². The first-order chi connectivity index (χ1) is 5.18. The molecule has 0 amide bonds. The van der Waals surface area contributed by atoms with Crippen LogP contribution in [0.3, 0.4) is 0 Å². The smallest absolute Gasteiger partial charge is 0.201 e. The summed E-state index contributed by atoms with van der Waals surface area (Å²) >= 11 is 5.57. The first-order valence-corrected chi connectivity index (χ1v) is 3.88. The summed E-state index contributed by atoms with van der Waals surface area (Å²) in [6, 6.07) is 1.72. The Morgan fingerprint density at radius 1 is 1.73 bits per heavy atom. The SMILES string of the molecule is CC1Cc2cc(Cl)oc2C1=O. The van der Waals surface area contributed by atoms with E-state index in [9.17, 15) is 4.79 Å². The summed E-state index contributed by atoms with van der Waals surface area (Å²) in [5, 5.41) is 0.315. The maximum Gasteiger partial charge on any atom is 0.201 e. The van der Waals surface area contributed by atoms with Crippen molar-refractivity contribution in [2.45, 2.75) is 13.3 Å². The zero-order chi connectivity index (χ0) is 8.01. The van der Waals surface area contributed by atoms with Crippen molar-refractivity contribution in [2.24, 2.45) is 5.92 Å². The average molecular weight is 171 g/mol. The van der Waals surface area contributed by atoms with Crippen LogP contribution in [0.1, 0.15) is 23.0 Å². The molecule has 1 atom stereocenters. The Bertz CT molecular complexity index is 314. The van der Waals surface area contributed by atoms with Crippen molar-refractivity contribution < 1.29 is 9.21 Å². The highest BCUT2D eigenvalue weighted by molar-refractivity contribution is 6.29. The van der Waals surface area contributed by atoms with Gasteiger partial charge in [0, 0.05) is 11.5 Å². The van der Waals surface area contributed by atoms with E-state index in [2.05, 4.69) is 0 Å². The fourth-order valence-corrected chi connectivity index (χ4v) is 1.61. The quantitative estimate of drug-likeness (QED) is 0.598. The topological polar surface area (TPSA) is 30.2 Å². The average Bonchev–Trinajstić information content (AvgIpc) is 2.37. The Morgan fingerprint density at radius 3 is 3.09 bits per heavy atom. The van der Waals surface area contributed by atoms with Gasteiger partial charge in [0.1, 0.15) is 0 Å². The van der Waals surface area contributed by atoms with Crippen LogP contribution in [-0.2, 0) is 6.42 Å². The molecular formula is C8H7ClO2. The molecule has 0 aromatic carbocycles. The summed E-state index contributed by atoms with van der Waals surface area (Å²) < 4.78 is 5.02. The van der Waals surface area contributed by atoms with Gasteiger partial charge in [-0.15, -0.1) is 0 Å². The fraction of sp³-hybridized carbons (Fsp3) is 0.375. The predicted octanol–water partition coefficient (Wildman–Crippen LogP) is 2.31. The van der Waals surface area contributed by atoms with Gasteiger partial charge < -0.3 is 4.42 Å². The summed E-state index contributed by atoms with van der Waals surface area (Å²) in [5.41, 5.74) is 0.951. The van der Waals surface area contributed by atoms with Crippen LogP contribution in [0.5, 0.6) is 0 Å². The van der Waals surface area contributed by atoms with Crippen LogP contribution in [0.25, 0.3) is 0 Å². The van der Waals surface area contributed by atoms with Crippen molar-refractivity contribution in [3.8, 4) is 0 Å². The molecule has 1 aliphatic rings. The Kier molecular flexibility index (Phi) is 1.33. The minimum Gasteiger partial charge on any atom is -0.441 e. The summed E-state index contributed by atoms with van der Waals surface area (Å²) in [6.07, 6.45) is 0.768. The normalized spacial score (nSPS) is 22.4. The second-order valence-electron chi connectivity index (χ2n) is 2.87. The second kappa shape index (κ2) is 2.11. The maximum atomic E-state index is 11.3. The second-order valence-corrected chi connectivity index (χ2v) is 3.25. The molecular weight excluding hydrogens is 164 g/mol. The Labute approximate surface area is 69.1 Å². The Morgan fingerprint density at radius 2 is 2.45 bits per heavy atom. The molecule has 0 N–H and O–H groups in total. The van der Waals surface area contributed by atoms with Gasteiger partial charge in [-0.1, -0.05) is 6.92 Å². The van der Waals surface area contributed by atoms with E-state index in [1.165, 1.54) is 0 Å². The molecule has 0 radical (unpaired) electrons. The lowest BCUT2D eigenvalue weighted by molar-refractivity contribution is 0.0921. The number of carbonyl (C=O) groups excluding carboxylic acids is 1. The molecule has 1 aliphatic carbocycles. The van der Waals surface area contributed by atoms with E-state index in [-0.39, 0.29) is 11.7 Å². The highest BCUT2D eigenvalue weighted by atomic mass is 35.5. The van der Waals surface area contributed by atoms with Gasteiger partial charge in [0.25, 0.3) is 0 Å². The van der Waals surface area contributed by atoms with E-state index in [0.29, 0.717) is 11.0 Å². The van der Waals surface area contributed by atoms with Crippen molar-refractivity contribution in [3.63, 3.8) is 0 Å². The number of rotatable bonds is 0. The molecule has 0 bridgehead atoms. The highest BCUT2D eigenvalue weighted by Crippen LogP contribution is 2.30. The molecule has 0 saturated carbocycles. The Balaban J connectivity index is 2.52. The van der Waals surface area contributed by atoms with E-state index in [1.54, 1.807) is 6.07 Å². The van der Waals surface area contributed by atoms with E-state index in [1.807, 2.05) is 6.92 Å². The molecule has 1 aromatic rings. The molecule has 1 unspecified atom stereocenters. The van der Waals surface area contributed by atoms with Crippen LogP contribution < -0.4 is 0 Å². The highest BCUT2D eigenvalue weighted by Gasteiger charge is 2.30. The van der Waals surface area contributed by atoms with Gasteiger partial charge in [0.05, 0.1) is 0 Å². The lowest BCUT2D eigenvalue weighted by atomic mass is 10.1. The fourth-order valence-electron chi connectivity index (χ4n) is 1.40. The van der Waals surface area contributed by atoms with Crippen molar-refractivity contribution >= 4 is 17.4 Å². The lowest BCUT2D eigenvalue weighted by Gasteiger charge is -1.94. The molecule has 0 fully saturated rings. The third kappa shape index (κ3) is 0.897. The minimum atomic E-state index is 0.0704. The number of hydrogen-bond acceptors (Lipinski definition) is 2. The third-order valence-corrected chi connectivity index (χ3v) is 2.16. The maximum absolute atomic E-state index is 11.3. The number of fused-ring (bicyclic) bond motifs is 1. The van der Waals surface area contributed by atoms with Gasteiger partial charge in [-0.05, 0) is 24.1 Å². The molecule has 0 spiro atoms. The van der Waals surface area contributed by atoms with Crippen LogP contribution in [0.15, 0.2) is 10.5 Å². The number of furan rings is 1. The third-order valence-electron chi connectivity index (χ3n) is 1.98. The summed E-state index contributed by atoms with van der Waals surface area (Å²) in [6.45, 7) is 1.89. The van der Waals surface area contributed by atoms with Crippen molar-refractivity contribution in [2.75, 3.05) is 0 Å². The molecule has 58 valence electrons. The number of halogens is 1. The van der Waals surface area contributed by atoms with Gasteiger partial charge in [-0.3, -0.25) is 4.79 Å². The van der Waals surface area contributed by atoms with Gasteiger partial charge in [-0.25, -0.2) is 0 Å². The molecule has 11 heavy (non-hydrogen) atoms. The van der Waals surface area contributed by atoms with Gasteiger partial charge in [0.15, 0.2) is 11.0 Å². The van der Waals surface area contributed by atoms with Crippen LogP contribution in [0.4, 0.5) is 0 Å². The van der Waals surface area contributed by atoms with Crippen LogP contribution >= 0.6 is 11.6 Å². The van der Waals surface area contributed by atoms with Crippen LogP contribution in [-0.4, -0.2) is 5.78 Å². The molecule has 3 heteroatoms. The number of carbonyl (C=O) groups is 1. The zero-order valence-corrected chi connectivity index (χ0v) is 6.81. The largest absolute Gasteiger partial charge is 0.441 e. The summed E-state index contributed by atoms with van der Waals surface area (Å²) in [4.78, 5) is 11.3. The van der Waals surface area contributed by atoms with Crippen LogP contribution in [0, 0.1) is 5.92 Å². The van der Waals surface area contributed by atoms with Crippen LogP contribution in [0.2, 0.25) is 5.22 Å². The standard InChI is InChI=1S/C8H7ClO2/c1-4-2-5-3-6(9)11-8(5)7(4)10/h3-4H,2H2,1H3. The molecule has 1 aromatic heterocycles. The zero-order valence-electron chi connectivity index (χ0n) is 6.06. The monoisotopic (exact) mass is 170 g/mol. The van der Waals surface area contributed by atoms with E-state index in [0.717, 1.165) is 12.0 Å². The van der Waals surface area contributed by atoms with E-state index >= 15 is 0 Å². The first-order valence-electron chi connectivity index (χ1n) is 3.51. The summed E-state index contributed by atoms with van der Waals surface area (Å²) in [7, 11) is 0. The van der Waals surface area contributed by atoms with Gasteiger partial charge in [-0.2, -0.15) is 0 Å². The van der Waals surface area contributed by atoms with Gasteiger partial charge >= 0.3 is 0 Å². The molecule has 0 saturated heterocycles. The van der Waals surface area contributed by atoms with E-state index < -0.39 is 0 Å². The van der Waals surface area contributed by atoms with Gasteiger partial charge in [0.2, 0.25) is 5.78 Å². The molecule has 1 heterocycles. The molecule has 0 aliphatic heterocycles. The first kappa shape index (κ1) is 6.92. The Hall–Kier alpha value is -0.760. The summed E-state index contributed by atoms with van der Waals surface area (Å²) in [5.74, 6) is 0.607. The molecule has 2 rings (SSSR count). The minimum absolute atomic E-state index is 0.0704. The number of ketones is 1.